The lowest BCUT2D eigenvalue weighted by Gasteiger charge is -1.73. The summed E-state index contributed by atoms with van der Waals surface area (Å²) in [4.78, 5) is 0. The number of hydrogen-bond donors (Lipinski definition) is 0. The molecular formula is C3H8O2PS+. The summed E-state index contributed by atoms with van der Waals surface area (Å²) in [6.45, 7) is 2.36. The van der Waals surface area contributed by atoms with E-state index in [4.69, 9.17) is 0 Å². The molecule has 0 aliphatic rings. The van der Waals surface area contributed by atoms with Gasteiger partial charge < -0.3 is 0 Å². The van der Waals surface area contributed by atoms with Crippen molar-refractivity contribution in [3.8, 4) is 0 Å². The van der Waals surface area contributed by atoms with E-state index in [-0.39, 0.29) is 0 Å². The average molecular weight is 139 g/mol. The fourth-order valence-electron chi connectivity index (χ4n) is 0.158. The summed E-state index contributed by atoms with van der Waals surface area (Å²) in [7, 11) is -1.41. The molecule has 0 fully saturated rings. The summed E-state index contributed by atoms with van der Waals surface area (Å²) in [5, 5.41) is 0. The Bertz CT molecular complexity index is 66.0. The van der Waals surface area contributed by atoms with E-state index in [1.807, 2.05) is 6.92 Å². The second-order valence-electron chi connectivity index (χ2n) is 0.824. The minimum Gasteiger partial charge on any atom is -0.136 e. The molecule has 0 aliphatic heterocycles. The van der Waals surface area contributed by atoms with Gasteiger partial charge in [-0.2, -0.15) is 0 Å². The topological polar surface area (TPSA) is 26.3 Å². The molecule has 4 heteroatoms. The van der Waals surface area contributed by atoms with Gasteiger partial charge in [0.05, 0.1) is 0 Å². The second-order valence-corrected chi connectivity index (χ2v) is 3.88. The summed E-state index contributed by atoms with van der Waals surface area (Å²) < 4.78 is 15.0. The average Bonchev–Trinajstić information content (AvgIpc) is 1.68. The summed E-state index contributed by atoms with van der Waals surface area (Å²) >= 11 is 1.24. The molecule has 0 radical (unpaired) electrons. The van der Waals surface area contributed by atoms with E-state index in [0.717, 1.165) is 0 Å². The van der Waals surface area contributed by atoms with E-state index in [0.29, 0.717) is 6.61 Å². The van der Waals surface area contributed by atoms with Crippen molar-refractivity contribution in [3.05, 3.63) is 0 Å². The Hall–Kier alpha value is 0.410. The van der Waals surface area contributed by atoms with E-state index < -0.39 is 7.23 Å². The number of hydrogen-bond acceptors (Lipinski definition) is 3. The molecule has 0 bridgehead atoms. The predicted molar refractivity (Wildman–Crippen MR) is 32.7 cm³/mol. The van der Waals surface area contributed by atoms with Gasteiger partial charge in [-0.05, 0) is 11.5 Å². The summed E-state index contributed by atoms with van der Waals surface area (Å²) in [5.74, 6) is 0. The normalized spacial score (nSPS) is 11.4. The molecule has 2 nitrogen and oxygen atoms in total. The van der Waals surface area contributed by atoms with Crippen LogP contribution in [-0.4, -0.2) is 12.9 Å². The number of rotatable bonds is 3. The van der Waals surface area contributed by atoms with Crippen LogP contribution in [0.4, 0.5) is 0 Å². The van der Waals surface area contributed by atoms with Crippen molar-refractivity contribution in [3.63, 3.8) is 0 Å². The van der Waals surface area contributed by atoms with Gasteiger partial charge in [-0.25, -0.2) is 0 Å². The molecule has 1 atom stereocenters. The highest BCUT2D eigenvalue weighted by Crippen LogP contribution is 2.35. The van der Waals surface area contributed by atoms with Crippen molar-refractivity contribution in [2.45, 2.75) is 6.92 Å². The first-order valence-electron chi connectivity index (χ1n) is 1.95. The molecule has 0 N–H and O–H groups in total. The van der Waals surface area contributed by atoms with E-state index in [1.165, 1.54) is 11.4 Å². The van der Waals surface area contributed by atoms with Gasteiger partial charge in [0.15, 0.2) is 11.4 Å². The zero-order chi connectivity index (χ0) is 5.70. The zero-order valence-electron chi connectivity index (χ0n) is 4.38. The summed E-state index contributed by atoms with van der Waals surface area (Å²) in [5.41, 5.74) is 0. The van der Waals surface area contributed by atoms with E-state index >= 15 is 0 Å². The van der Waals surface area contributed by atoms with Crippen molar-refractivity contribution < 1.29 is 9.09 Å². The molecular weight excluding hydrogens is 131 g/mol. The highest BCUT2D eigenvalue weighted by Gasteiger charge is 2.12. The largest absolute Gasteiger partial charge is 0.585 e. The Morgan fingerprint density at radius 3 is 2.57 bits per heavy atom. The second kappa shape index (κ2) is 4.57. The first-order valence-corrected chi connectivity index (χ1v) is 4.96. The lowest BCUT2D eigenvalue weighted by Crippen LogP contribution is -1.71. The molecule has 0 spiro atoms. The van der Waals surface area contributed by atoms with Gasteiger partial charge in [0, 0.05) is 6.26 Å². The van der Waals surface area contributed by atoms with Crippen LogP contribution in [0.3, 0.4) is 0 Å². The molecule has 42 valence electrons. The fraction of sp³-hybridized carbons (Fsp3) is 1.00. The van der Waals surface area contributed by atoms with Crippen LogP contribution in [0.1, 0.15) is 6.92 Å². The third-order valence-corrected chi connectivity index (χ3v) is 2.36. The first kappa shape index (κ1) is 7.41. The molecule has 0 amide bonds. The van der Waals surface area contributed by atoms with Crippen LogP contribution in [-0.2, 0) is 9.09 Å². The minimum absolute atomic E-state index is 0.538. The molecule has 0 saturated heterocycles. The maximum absolute atomic E-state index is 10.3. The van der Waals surface area contributed by atoms with Crippen LogP contribution in [0, 0.1) is 0 Å². The molecule has 0 aromatic heterocycles. The highest BCUT2D eigenvalue weighted by molar-refractivity contribution is 8.49. The molecule has 0 heterocycles. The van der Waals surface area contributed by atoms with Gasteiger partial charge in [0.1, 0.15) is 6.61 Å². The Kier molecular flexibility index (Phi) is 4.83. The van der Waals surface area contributed by atoms with Crippen LogP contribution in [0.5, 0.6) is 0 Å². The lowest BCUT2D eigenvalue weighted by atomic mass is 10.9. The van der Waals surface area contributed by atoms with E-state index in [1.54, 1.807) is 6.26 Å². The van der Waals surface area contributed by atoms with Crippen molar-refractivity contribution in [2.75, 3.05) is 12.9 Å². The maximum Gasteiger partial charge on any atom is 0.585 e. The molecule has 1 unspecified atom stereocenters. The van der Waals surface area contributed by atoms with Crippen LogP contribution in [0.25, 0.3) is 0 Å². The van der Waals surface area contributed by atoms with Crippen molar-refractivity contribution in [2.24, 2.45) is 0 Å². The molecule has 0 rings (SSSR count). The van der Waals surface area contributed by atoms with Gasteiger partial charge in [0.25, 0.3) is 0 Å². The van der Waals surface area contributed by atoms with Gasteiger partial charge in [0.2, 0.25) is 0 Å². The van der Waals surface area contributed by atoms with Gasteiger partial charge in [-0.15, -0.1) is 4.52 Å². The zero-order valence-corrected chi connectivity index (χ0v) is 6.09. The fourth-order valence-corrected chi connectivity index (χ4v) is 1.11. The molecule has 0 aliphatic carbocycles. The standard InChI is InChI=1S/C3H8O2PS/c1-3-5-6(4)7-2/h3H2,1-2H3/q+1. The summed E-state index contributed by atoms with van der Waals surface area (Å²) in [6, 6.07) is 0. The Labute approximate surface area is 48.2 Å². The van der Waals surface area contributed by atoms with Crippen molar-refractivity contribution in [1.82, 2.24) is 0 Å². The van der Waals surface area contributed by atoms with Gasteiger partial charge in [-0.1, -0.05) is 0 Å². The first-order chi connectivity index (χ1) is 3.31. The quantitative estimate of drug-likeness (QED) is 0.559. The Balaban J connectivity index is 3.00. The molecule has 0 aromatic rings. The third-order valence-electron chi connectivity index (χ3n) is 0.384. The highest BCUT2D eigenvalue weighted by atomic mass is 32.7. The van der Waals surface area contributed by atoms with Gasteiger partial charge >= 0.3 is 7.23 Å². The van der Waals surface area contributed by atoms with Crippen LogP contribution in [0.15, 0.2) is 0 Å². The monoisotopic (exact) mass is 139 g/mol. The van der Waals surface area contributed by atoms with Crippen LogP contribution < -0.4 is 0 Å². The minimum atomic E-state index is -1.41. The molecule has 7 heavy (non-hydrogen) atoms. The Morgan fingerprint density at radius 1 is 1.86 bits per heavy atom. The Morgan fingerprint density at radius 2 is 2.43 bits per heavy atom. The molecule has 0 saturated carbocycles. The van der Waals surface area contributed by atoms with Crippen molar-refractivity contribution >= 4 is 18.6 Å². The maximum atomic E-state index is 10.3. The van der Waals surface area contributed by atoms with E-state index in [2.05, 4.69) is 4.52 Å². The lowest BCUT2D eigenvalue weighted by molar-refractivity contribution is 0.361. The predicted octanol–water partition coefficient (Wildman–Crippen LogP) is 2.04. The molecule has 0 aromatic carbocycles. The van der Waals surface area contributed by atoms with E-state index in [9.17, 15) is 4.57 Å². The van der Waals surface area contributed by atoms with Crippen LogP contribution in [0.2, 0.25) is 0 Å². The SMILES string of the molecule is CCO[P+](=O)SC. The van der Waals surface area contributed by atoms with Crippen LogP contribution >= 0.6 is 18.6 Å². The summed E-state index contributed by atoms with van der Waals surface area (Å²) in [6.07, 6.45) is 1.76. The third kappa shape index (κ3) is 4.26. The smallest absolute Gasteiger partial charge is 0.136 e. The van der Waals surface area contributed by atoms with Gasteiger partial charge in [-0.3, -0.25) is 0 Å². The van der Waals surface area contributed by atoms with Crippen molar-refractivity contribution in [1.29, 1.82) is 0 Å².